The van der Waals surface area contributed by atoms with E-state index < -0.39 is 47.9 Å². The Labute approximate surface area is 241 Å². The molecule has 0 bridgehead atoms. The van der Waals surface area contributed by atoms with Crippen LogP contribution in [0.5, 0.6) is 5.75 Å². The Balaban J connectivity index is 2.23. The molecule has 2 aromatic rings. The fourth-order valence-electron chi connectivity index (χ4n) is 4.29. The quantitative estimate of drug-likeness (QED) is 0.138. The first-order chi connectivity index (χ1) is 19.5. The van der Waals surface area contributed by atoms with Crippen LogP contribution in [0.1, 0.15) is 50.7 Å². The third kappa shape index (κ3) is 12.0. The number of amides is 3. The van der Waals surface area contributed by atoms with Crippen LogP contribution in [0.3, 0.4) is 0 Å². The smallest absolute Gasteiger partial charge is 0.326 e. The number of nitrogens with two attached hydrogens (primary N) is 2. The molecule has 2 aromatic carbocycles. The predicted molar refractivity (Wildman–Crippen MR) is 156 cm³/mol. The molecule has 0 spiro atoms. The van der Waals surface area contributed by atoms with Gasteiger partial charge in [0.15, 0.2) is 0 Å². The molecule has 4 unspecified atom stereocenters. The lowest BCUT2D eigenvalue weighted by Gasteiger charge is -2.26. The topological polar surface area (TPSA) is 197 Å². The van der Waals surface area contributed by atoms with Gasteiger partial charge in [0.1, 0.15) is 23.9 Å². The first kappa shape index (κ1) is 33.2. The van der Waals surface area contributed by atoms with Gasteiger partial charge in [0, 0.05) is 12.8 Å². The highest BCUT2D eigenvalue weighted by atomic mass is 16.4. The lowest BCUT2D eigenvalue weighted by atomic mass is 9.99. The molecule has 0 aromatic heterocycles. The van der Waals surface area contributed by atoms with Crippen molar-refractivity contribution in [1.29, 1.82) is 0 Å². The zero-order chi connectivity index (χ0) is 30.4. The van der Waals surface area contributed by atoms with Gasteiger partial charge >= 0.3 is 5.97 Å². The largest absolute Gasteiger partial charge is 0.508 e. The Morgan fingerprint density at radius 1 is 0.756 bits per heavy atom. The van der Waals surface area contributed by atoms with E-state index in [9.17, 15) is 29.4 Å². The minimum absolute atomic E-state index is 0.0243. The summed E-state index contributed by atoms with van der Waals surface area (Å²) in [7, 11) is 0. The molecule has 0 radical (unpaired) electrons. The molecule has 11 nitrogen and oxygen atoms in total. The summed E-state index contributed by atoms with van der Waals surface area (Å²) in [5, 5.41) is 27.4. The second-order valence-electron chi connectivity index (χ2n) is 10.6. The zero-order valence-electron chi connectivity index (χ0n) is 23.7. The van der Waals surface area contributed by atoms with Gasteiger partial charge in [-0.25, -0.2) is 4.79 Å². The number of aromatic hydroxyl groups is 1. The van der Waals surface area contributed by atoms with Gasteiger partial charge in [-0.3, -0.25) is 14.4 Å². The predicted octanol–water partition coefficient (Wildman–Crippen LogP) is 1.22. The standard InChI is InChI=1S/C30H43N5O6/c1-19(2)16-24(33-27(37)23(32)10-6-7-15-31)28(38)34-25(17-21-11-13-22(36)14-12-21)29(39)35-26(30(40)41)18-20-8-4-3-5-9-20/h3-5,8-9,11-14,19,23-26,36H,6-7,10,15-18,31-32H2,1-2H3,(H,33,37)(H,34,38)(H,35,39)(H,40,41). The van der Waals surface area contributed by atoms with E-state index in [4.69, 9.17) is 11.5 Å². The monoisotopic (exact) mass is 569 g/mol. The van der Waals surface area contributed by atoms with Crippen LogP contribution in [0.4, 0.5) is 0 Å². The van der Waals surface area contributed by atoms with Crippen LogP contribution < -0.4 is 27.4 Å². The molecule has 11 heteroatoms. The van der Waals surface area contributed by atoms with Gasteiger partial charge < -0.3 is 37.6 Å². The van der Waals surface area contributed by atoms with Gasteiger partial charge in [-0.2, -0.15) is 0 Å². The molecule has 0 aliphatic rings. The Bertz CT molecular complexity index is 1130. The van der Waals surface area contributed by atoms with E-state index >= 15 is 0 Å². The van der Waals surface area contributed by atoms with E-state index in [0.717, 1.165) is 12.0 Å². The fraction of sp³-hybridized carbons (Fsp3) is 0.467. The maximum absolute atomic E-state index is 13.4. The van der Waals surface area contributed by atoms with Crippen LogP contribution >= 0.6 is 0 Å². The summed E-state index contributed by atoms with van der Waals surface area (Å²) in [6.45, 7) is 4.29. The third-order valence-electron chi connectivity index (χ3n) is 6.55. The Morgan fingerprint density at radius 2 is 1.29 bits per heavy atom. The highest BCUT2D eigenvalue weighted by Gasteiger charge is 2.31. The van der Waals surface area contributed by atoms with Crippen molar-refractivity contribution < 1.29 is 29.4 Å². The van der Waals surface area contributed by atoms with Crippen LogP contribution in [0.25, 0.3) is 0 Å². The van der Waals surface area contributed by atoms with Crippen LogP contribution in [0, 0.1) is 5.92 Å². The van der Waals surface area contributed by atoms with Crippen molar-refractivity contribution in [3.63, 3.8) is 0 Å². The Kier molecular flexibility index (Phi) is 13.8. The molecular weight excluding hydrogens is 526 g/mol. The van der Waals surface area contributed by atoms with Crippen LogP contribution in [0.15, 0.2) is 54.6 Å². The van der Waals surface area contributed by atoms with E-state index in [2.05, 4.69) is 16.0 Å². The third-order valence-corrected chi connectivity index (χ3v) is 6.55. The molecule has 0 saturated heterocycles. The molecule has 0 aliphatic carbocycles. The summed E-state index contributed by atoms with van der Waals surface area (Å²) in [6.07, 6.45) is 2.20. The van der Waals surface area contributed by atoms with Crippen LogP contribution in [-0.4, -0.2) is 64.6 Å². The number of hydrogen-bond acceptors (Lipinski definition) is 7. The second kappa shape index (κ2) is 17.0. The molecule has 224 valence electrons. The first-order valence-electron chi connectivity index (χ1n) is 13.9. The molecule has 9 N–H and O–H groups in total. The number of carbonyl (C=O) groups excluding carboxylic acids is 3. The van der Waals surface area contributed by atoms with Gasteiger partial charge in [-0.15, -0.1) is 0 Å². The number of benzene rings is 2. The molecule has 2 rings (SSSR count). The van der Waals surface area contributed by atoms with Crippen molar-refractivity contribution in [3.05, 3.63) is 65.7 Å². The van der Waals surface area contributed by atoms with E-state index in [0.29, 0.717) is 31.4 Å². The van der Waals surface area contributed by atoms with Crippen molar-refractivity contribution in [2.75, 3.05) is 6.54 Å². The van der Waals surface area contributed by atoms with E-state index in [1.54, 1.807) is 42.5 Å². The number of nitrogens with one attached hydrogen (secondary N) is 3. The maximum atomic E-state index is 13.4. The summed E-state index contributed by atoms with van der Waals surface area (Å²) >= 11 is 0. The highest BCUT2D eigenvalue weighted by molar-refractivity contribution is 5.94. The number of aliphatic carboxylic acids is 1. The zero-order valence-corrected chi connectivity index (χ0v) is 23.7. The minimum Gasteiger partial charge on any atom is -0.508 e. The number of rotatable bonds is 17. The normalized spacial score (nSPS) is 14.0. The summed E-state index contributed by atoms with van der Waals surface area (Å²) < 4.78 is 0. The molecule has 41 heavy (non-hydrogen) atoms. The molecule has 0 fully saturated rings. The average Bonchev–Trinajstić information content (AvgIpc) is 2.93. The van der Waals surface area contributed by atoms with Crippen molar-refractivity contribution >= 4 is 23.7 Å². The van der Waals surface area contributed by atoms with Gasteiger partial charge in [-0.05, 0) is 55.0 Å². The molecule has 4 atom stereocenters. The Hall–Kier alpha value is -3.96. The van der Waals surface area contributed by atoms with Crippen molar-refractivity contribution in [3.8, 4) is 5.75 Å². The number of carboxylic acids is 1. The molecule has 0 aliphatic heterocycles. The number of phenols is 1. The second-order valence-corrected chi connectivity index (χ2v) is 10.6. The number of hydrogen-bond donors (Lipinski definition) is 7. The minimum atomic E-state index is -1.23. The number of carboxylic acid groups (broad SMARTS) is 1. The van der Waals surface area contributed by atoms with Crippen molar-refractivity contribution in [2.45, 2.75) is 76.5 Å². The summed E-state index contributed by atoms with van der Waals surface area (Å²) in [6, 6.07) is 10.8. The lowest BCUT2D eigenvalue weighted by Crippen LogP contribution is -2.58. The van der Waals surface area contributed by atoms with Crippen molar-refractivity contribution in [2.24, 2.45) is 17.4 Å². The number of carbonyl (C=O) groups is 4. The molecule has 3 amide bonds. The summed E-state index contributed by atoms with van der Waals surface area (Å²) in [5.41, 5.74) is 12.9. The van der Waals surface area contributed by atoms with E-state index in [-0.39, 0.29) is 24.5 Å². The van der Waals surface area contributed by atoms with E-state index in [1.165, 1.54) is 12.1 Å². The SMILES string of the molecule is CC(C)CC(NC(=O)C(N)CCCCN)C(=O)NC(Cc1ccc(O)cc1)C(=O)NC(Cc1ccccc1)C(=O)O. The fourth-order valence-corrected chi connectivity index (χ4v) is 4.29. The molecule has 0 heterocycles. The van der Waals surface area contributed by atoms with Crippen LogP contribution in [-0.2, 0) is 32.0 Å². The van der Waals surface area contributed by atoms with Gasteiger partial charge in [-0.1, -0.05) is 62.7 Å². The lowest BCUT2D eigenvalue weighted by molar-refractivity contribution is -0.142. The summed E-state index contributed by atoms with van der Waals surface area (Å²) in [5.74, 6) is -2.90. The van der Waals surface area contributed by atoms with Gasteiger partial charge in [0.05, 0.1) is 6.04 Å². The number of phenolic OH excluding ortho intramolecular Hbond substituents is 1. The van der Waals surface area contributed by atoms with Crippen LogP contribution in [0.2, 0.25) is 0 Å². The maximum Gasteiger partial charge on any atom is 0.326 e. The van der Waals surface area contributed by atoms with E-state index in [1.807, 2.05) is 13.8 Å². The first-order valence-corrected chi connectivity index (χ1v) is 13.9. The van der Waals surface area contributed by atoms with Gasteiger partial charge in [0.2, 0.25) is 17.7 Å². The van der Waals surface area contributed by atoms with Gasteiger partial charge in [0.25, 0.3) is 0 Å². The average molecular weight is 570 g/mol. The highest BCUT2D eigenvalue weighted by Crippen LogP contribution is 2.13. The Morgan fingerprint density at radius 3 is 1.88 bits per heavy atom. The summed E-state index contributed by atoms with van der Waals surface area (Å²) in [4.78, 5) is 51.6. The molecule has 0 saturated carbocycles. The van der Waals surface area contributed by atoms with Crippen molar-refractivity contribution in [1.82, 2.24) is 16.0 Å². The number of unbranched alkanes of at least 4 members (excludes halogenated alkanes) is 1. The molecular formula is C30H43N5O6.